The van der Waals surface area contributed by atoms with Gasteiger partial charge in [0.25, 0.3) is 0 Å². The van der Waals surface area contributed by atoms with Crippen LogP contribution in [0.3, 0.4) is 0 Å². The first-order valence-corrected chi connectivity index (χ1v) is 6.62. The molecule has 1 rings (SSSR count). The van der Waals surface area contributed by atoms with E-state index >= 15 is 0 Å². The zero-order valence-electron chi connectivity index (χ0n) is 12.7. The molecule has 0 unspecified atom stereocenters. The maximum Gasteiger partial charge on any atom is 0.191 e. The Hall–Kier alpha value is -0.830. The van der Waals surface area contributed by atoms with Crippen LogP contribution < -0.4 is 10.6 Å². The minimum Gasteiger partial charge on any atom is -0.377 e. The predicted molar refractivity (Wildman–Crippen MR) is 92.7 cm³/mol. The Morgan fingerprint density at radius 2 is 2.15 bits per heavy atom. The van der Waals surface area contributed by atoms with Gasteiger partial charge >= 0.3 is 0 Å². The summed E-state index contributed by atoms with van der Waals surface area (Å²) in [5.41, 5.74) is -0.246. The predicted octanol–water partition coefficient (Wildman–Crippen LogP) is 1.48. The number of nitrogens with one attached hydrogen (secondary N) is 2. The molecule has 0 amide bonds. The molecule has 0 aliphatic rings. The molecular weight excluding hydrogens is 369 g/mol. The molecule has 0 saturated heterocycles. The summed E-state index contributed by atoms with van der Waals surface area (Å²) in [5.74, 6) is 0.805. The van der Waals surface area contributed by atoms with E-state index in [1.165, 1.54) is 0 Å². The lowest BCUT2D eigenvalue weighted by molar-refractivity contribution is 0.0310. The molecule has 0 saturated carbocycles. The monoisotopic (exact) mass is 395 g/mol. The van der Waals surface area contributed by atoms with Crippen LogP contribution in [0.15, 0.2) is 23.5 Å². The molecule has 2 N–H and O–H groups in total. The summed E-state index contributed by atoms with van der Waals surface area (Å²) in [4.78, 5) is 4.51. The molecule has 7 heteroatoms. The van der Waals surface area contributed by atoms with Crippen LogP contribution in [-0.2, 0) is 11.3 Å². The van der Waals surface area contributed by atoms with Gasteiger partial charge in [-0.3, -0.25) is 9.67 Å². The van der Waals surface area contributed by atoms with E-state index < -0.39 is 0 Å². The largest absolute Gasteiger partial charge is 0.377 e. The van der Waals surface area contributed by atoms with Crippen LogP contribution in [0.1, 0.15) is 20.8 Å². The number of nitrogens with zero attached hydrogens (tertiary/aromatic N) is 3. The molecule has 1 aromatic rings. The molecule has 1 aromatic heterocycles. The fourth-order valence-corrected chi connectivity index (χ4v) is 1.40. The van der Waals surface area contributed by atoms with E-state index in [1.807, 2.05) is 37.7 Å². The van der Waals surface area contributed by atoms with Crippen LogP contribution in [0.25, 0.3) is 0 Å². The molecule has 0 bridgehead atoms. The van der Waals surface area contributed by atoms with Crippen molar-refractivity contribution in [3.8, 4) is 0 Å². The van der Waals surface area contributed by atoms with Crippen LogP contribution in [-0.4, -0.2) is 48.1 Å². The number of halogens is 1. The van der Waals surface area contributed by atoms with Crippen molar-refractivity contribution in [1.82, 2.24) is 20.4 Å². The van der Waals surface area contributed by atoms with Gasteiger partial charge in [-0.1, -0.05) is 0 Å². The van der Waals surface area contributed by atoms with Crippen molar-refractivity contribution in [2.75, 3.05) is 26.7 Å². The zero-order valence-corrected chi connectivity index (χ0v) is 15.0. The molecule has 0 aromatic carbocycles. The molecule has 0 aliphatic heterocycles. The fraction of sp³-hybridized carbons (Fsp3) is 0.692. The van der Waals surface area contributed by atoms with E-state index in [0.29, 0.717) is 6.54 Å². The highest BCUT2D eigenvalue weighted by molar-refractivity contribution is 14.0. The van der Waals surface area contributed by atoms with Crippen molar-refractivity contribution in [3.05, 3.63) is 18.5 Å². The van der Waals surface area contributed by atoms with Gasteiger partial charge in [-0.25, -0.2) is 0 Å². The number of aliphatic imine (C=N–C) groups is 1. The van der Waals surface area contributed by atoms with Gasteiger partial charge in [0, 0.05) is 32.6 Å². The summed E-state index contributed by atoms with van der Waals surface area (Å²) in [7, 11) is 1.70. The minimum atomic E-state index is -0.246. The van der Waals surface area contributed by atoms with Crippen molar-refractivity contribution in [2.45, 2.75) is 32.9 Å². The number of methoxy groups -OCH3 is 1. The van der Waals surface area contributed by atoms with Gasteiger partial charge in [0.15, 0.2) is 5.96 Å². The first kappa shape index (κ1) is 19.2. The van der Waals surface area contributed by atoms with Crippen LogP contribution in [0.2, 0.25) is 0 Å². The summed E-state index contributed by atoms with van der Waals surface area (Å²) in [5, 5.41) is 10.6. The lowest BCUT2D eigenvalue weighted by Gasteiger charge is -2.21. The highest BCUT2D eigenvalue weighted by Crippen LogP contribution is 2.06. The molecular formula is C13H26IN5O. The van der Waals surface area contributed by atoms with Crippen molar-refractivity contribution >= 4 is 29.9 Å². The third-order valence-electron chi connectivity index (χ3n) is 2.71. The van der Waals surface area contributed by atoms with Gasteiger partial charge in [0.1, 0.15) is 0 Å². The Kier molecular flexibility index (Phi) is 9.56. The molecule has 0 atom stereocenters. The normalized spacial score (nSPS) is 11.9. The first-order chi connectivity index (χ1) is 9.07. The van der Waals surface area contributed by atoms with Crippen molar-refractivity contribution in [1.29, 1.82) is 0 Å². The molecule has 0 fully saturated rings. The standard InChI is InChI=1S/C13H25N5O.HI/c1-5-14-12(16-11-13(2,3)19-4)15-8-10-18-9-6-7-17-18;/h6-7,9H,5,8,10-11H2,1-4H3,(H2,14,15,16);1H. The molecule has 0 aliphatic carbocycles. The molecule has 6 nitrogen and oxygen atoms in total. The van der Waals surface area contributed by atoms with Crippen LogP contribution in [0.4, 0.5) is 0 Å². The van der Waals surface area contributed by atoms with E-state index in [1.54, 1.807) is 13.3 Å². The van der Waals surface area contributed by atoms with E-state index in [0.717, 1.165) is 25.6 Å². The van der Waals surface area contributed by atoms with Crippen LogP contribution >= 0.6 is 24.0 Å². The number of hydrogen-bond donors (Lipinski definition) is 2. The Morgan fingerprint density at radius 1 is 1.40 bits per heavy atom. The Bertz CT molecular complexity index is 378. The van der Waals surface area contributed by atoms with Crippen LogP contribution in [0, 0.1) is 0 Å². The smallest absolute Gasteiger partial charge is 0.191 e. The van der Waals surface area contributed by atoms with Gasteiger partial charge in [-0.05, 0) is 26.8 Å². The zero-order chi connectivity index (χ0) is 14.1. The van der Waals surface area contributed by atoms with Crippen molar-refractivity contribution in [3.63, 3.8) is 0 Å². The third kappa shape index (κ3) is 7.68. The average molecular weight is 395 g/mol. The quantitative estimate of drug-likeness (QED) is 0.417. The second-order valence-corrected chi connectivity index (χ2v) is 4.85. The van der Waals surface area contributed by atoms with Crippen molar-refractivity contribution in [2.24, 2.45) is 4.99 Å². The SMILES string of the molecule is CCNC(=NCC(C)(C)OC)NCCn1cccn1.I. The summed E-state index contributed by atoms with van der Waals surface area (Å²) in [6.07, 6.45) is 3.72. The van der Waals surface area contributed by atoms with Crippen molar-refractivity contribution < 1.29 is 4.74 Å². The Morgan fingerprint density at radius 3 is 2.70 bits per heavy atom. The number of aromatic nitrogens is 2. The minimum absolute atomic E-state index is 0. The maximum absolute atomic E-state index is 5.35. The van der Waals surface area contributed by atoms with Gasteiger partial charge in [-0.15, -0.1) is 24.0 Å². The number of rotatable bonds is 7. The number of guanidine groups is 1. The number of hydrogen-bond acceptors (Lipinski definition) is 3. The Balaban J connectivity index is 0.00000361. The summed E-state index contributed by atoms with van der Waals surface area (Å²) < 4.78 is 7.24. The van der Waals surface area contributed by atoms with E-state index in [4.69, 9.17) is 4.74 Å². The van der Waals surface area contributed by atoms with E-state index in [2.05, 4.69) is 20.7 Å². The molecule has 116 valence electrons. The number of ether oxygens (including phenoxy) is 1. The second kappa shape index (κ2) is 9.98. The maximum atomic E-state index is 5.35. The second-order valence-electron chi connectivity index (χ2n) is 4.85. The lowest BCUT2D eigenvalue weighted by Crippen LogP contribution is -2.40. The highest BCUT2D eigenvalue weighted by Gasteiger charge is 2.15. The summed E-state index contributed by atoms with van der Waals surface area (Å²) in [6, 6.07) is 1.92. The third-order valence-corrected chi connectivity index (χ3v) is 2.71. The summed E-state index contributed by atoms with van der Waals surface area (Å²) >= 11 is 0. The first-order valence-electron chi connectivity index (χ1n) is 6.62. The molecule has 1 heterocycles. The van der Waals surface area contributed by atoms with Gasteiger partial charge in [0.2, 0.25) is 0 Å². The van der Waals surface area contributed by atoms with E-state index in [-0.39, 0.29) is 29.6 Å². The highest BCUT2D eigenvalue weighted by atomic mass is 127. The molecule has 20 heavy (non-hydrogen) atoms. The van der Waals surface area contributed by atoms with Gasteiger partial charge in [-0.2, -0.15) is 5.10 Å². The average Bonchev–Trinajstić information content (AvgIpc) is 2.89. The summed E-state index contributed by atoms with van der Waals surface area (Å²) in [6.45, 7) is 9.12. The van der Waals surface area contributed by atoms with Gasteiger partial charge < -0.3 is 15.4 Å². The van der Waals surface area contributed by atoms with Crippen LogP contribution in [0.5, 0.6) is 0 Å². The fourth-order valence-electron chi connectivity index (χ4n) is 1.40. The van der Waals surface area contributed by atoms with E-state index in [9.17, 15) is 0 Å². The lowest BCUT2D eigenvalue weighted by atomic mass is 10.1. The topological polar surface area (TPSA) is 63.5 Å². The molecule has 0 spiro atoms. The Labute approximate surface area is 138 Å². The molecule has 0 radical (unpaired) electrons. The van der Waals surface area contributed by atoms with Gasteiger partial charge in [0.05, 0.1) is 18.7 Å².